The van der Waals surface area contributed by atoms with Crippen LogP contribution in [0.3, 0.4) is 0 Å². The third-order valence-electron chi connectivity index (χ3n) is 2.94. The molecule has 1 aromatic heterocycles. The van der Waals surface area contributed by atoms with E-state index in [0.717, 1.165) is 31.1 Å². The lowest BCUT2D eigenvalue weighted by molar-refractivity contribution is 0.368. The van der Waals surface area contributed by atoms with E-state index < -0.39 is 0 Å². The van der Waals surface area contributed by atoms with Crippen molar-refractivity contribution in [2.24, 2.45) is 7.05 Å². The molecule has 0 aliphatic heterocycles. The van der Waals surface area contributed by atoms with Crippen LogP contribution in [0.2, 0.25) is 0 Å². The van der Waals surface area contributed by atoms with Crippen molar-refractivity contribution in [3.8, 4) is 5.88 Å². The maximum Gasteiger partial charge on any atom is 0.214 e. The minimum Gasteiger partial charge on any atom is -0.481 e. The Balaban J connectivity index is 2.36. The minimum atomic E-state index is 0.906. The molecule has 98 valence electrons. The molecule has 0 aromatic carbocycles. The fourth-order valence-electron chi connectivity index (χ4n) is 2.08. The van der Waals surface area contributed by atoms with Gasteiger partial charge in [-0.05, 0) is 45.7 Å². The summed E-state index contributed by atoms with van der Waals surface area (Å²) in [7, 11) is 3.64. The minimum absolute atomic E-state index is 0.906. The second-order valence-corrected chi connectivity index (χ2v) is 4.40. The number of hydrogen-bond donors (Lipinski definition) is 1. The zero-order chi connectivity index (χ0) is 12.7. The van der Waals surface area contributed by atoms with Crippen molar-refractivity contribution in [2.75, 3.05) is 20.2 Å². The molecule has 0 atom stereocenters. The van der Waals surface area contributed by atoms with Crippen LogP contribution in [0, 0.1) is 6.92 Å². The lowest BCUT2D eigenvalue weighted by Gasteiger charge is -2.05. The van der Waals surface area contributed by atoms with Crippen LogP contribution in [0.1, 0.15) is 37.4 Å². The Kier molecular flexibility index (Phi) is 6.05. The largest absolute Gasteiger partial charge is 0.481 e. The number of aryl methyl sites for hydroxylation is 2. The van der Waals surface area contributed by atoms with Crippen LogP contribution < -0.4 is 10.1 Å². The van der Waals surface area contributed by atoms with E-state index in [1.54, 1.807) is 7.11 Å². The predicted molar refractivity (Wildman–Crippen MR) is 70.6 cm³/mol. The first kappa shape index (κ1) is 14.0. The molecule has 4 nitrogen and oxygen atoms in total. The second-order valence-electron chi connectivity index (χ2n) is 4.40. The first-order valence-electron chi connectivity index (χ1n) is 6.47. The molecular weight excluding hydrogens is 214 g/mol. The molecule has 0 saturated heterocycles. The van der Waals surface area contributed by atoms with Gasteiger partial charge in [-0.2, -0.15) is 5.10 Å². The summed E-state index contributed by atoms with van der Waals surface area (Å²) >= 11 is 0. The summed E-state index contributed by atoms with van der Waals surface area (Å²) < 4.78 is 7.20. The highest BCUT2D eigenvalue weighted by Crippen LogP contribution is 2.22. The van der Waals surface area contributed by atoms with E-state index >= 15 is 0 Å². The summed E-state index contributed by atoms with van der Waals surface area (Å²) in [5.74, 6) is 0.906. The Labute approximate surface area is 104 Å². The molecule has 0 fully saturated rings. The SMILES string of the molecule is CCCNCCCCc1c(C)nn(C)c1OC. The first-order chi connectivity index (χ1) is 8.20. The highest BCUT2D eigenvalue weighted by molar-refractivity contribution is 5.30. The molecule has 0 radical (unpaired) electrons. The zero-order valence-corrected chi connectivity index (χ0v) is 11.5. The average molecular weight is 239 g/mol. The number of rotatable bonds is 8. The molecular formula is C13H25N3O. The Bertz CT molecular complexity index is 334. The zero-order valence-electron chi connectivity index (χ0n) is 11.5. The van der Waals surface area contributed by atoms with Gasteiger partial charge in [-0.15, -0.1) is 0 Å². The lowest BCUT2D eigenvalue weighted by Crippen LogP contribution is -2.15. The van der Waals surface area contributed by atoms with Crippen molar-refractivity contribution in [1.82, 2.24) is 15.1 Å². The molecule has 1 heterocycles. The van der Waals surface area contributed by atoms with Crippen molar-refractivity contribution in [3.63, 3.8) is 0 Å². The lowest BCUT2D eigenvalue weighted by atomic mass is 10.1. The van der Waals surface area contributed by atoms with Crippen LogP contribution >= 0.6 is 0 Å². The highest BCUT2D eigenvalue weighted by Gasteiger charge is 2.12. The molecule has 1 N–H and O–H groups in total. The maximum atomic E-state index is 5.38. The van der Waals surface area contributed by atoms with Gasteiger partial charge in [-0.3, -0.25) is 0 Å². The summed E-state index contributed by atoms with van der Waals surface area (Å²) in [6.45, 7) is 6.47. The van der Waals surface area contributed by atoms with Gasteiger partial charge in [0.25, 0.3) is 0 Å². The molecule has 4 heteroatoms. The van der Waals surface area contributed by atoms with Gasteiger partial charge < -0.3 is 10.1 Å². The number of methoxy groups -OCH3 is 1. The molecule has 0 bridgehead atoms. The van der Waals surface area contributed by atoms with Gasteiger partial charge in [-0.25, -0.2) is 4.68 Å². The standard InChI is InChI=1S/C13H25N3O/c1-5-9-14-10-7-6-8-12-11(2)15-16(3)13(12)17-4/h14H,5-10H2,1-4H3. The van der Waals surface area contributed by atoms with E-state index in [-0.39, 0.29) is 0 Å². The fraction of sp³-hybridized carbons (Fsp3) is 0.769. The van der Waals surface area contributed by atoms with E-state index in [2.05, 4.69) is 17.3 Å². The summed E-state index contributed by atoms with van der Waals surface area (Å²) in [5, 5.41) is 7.80. The summed E-state index contributed by atoms with van der Waals surface area (Å²) in [5.41, 5.74) is 2.34. The Morgan fingerprint density at radius 2 is 2.06 bits per heavy atom. The highest BCUT2D eigenvalue weighted by atomic mass is 16.5. The van der Waals surface area contributed by atoms with E-state index in [1.165, 1.54) is 24.8 Å². The molecule has 0 spiro atoms. The molecule has 0 amide bonds. The maximum absolute atomic E-state index is 5.38. The van der Waals surface area contributed by atoms with Crippen LogP contribution in [0.5, 0.6) is 5.88 Å². The molecule has 1 aromatic rings. The predicted octanol–water partition coefficient (Wildman–Crippen LogP) is 2.06. The third-order valence-corrected chi connectivity index (χ3v) is 2.94. The molecule has 0 saturated carbocycles. The van der Waals surface area contributed by atoms with Gasteiger partial charge in [0, 0.05) is 12.6 Å². The quantitative estimate of drug-likeness (QED) is 0.706. The van der Waals surface area contributed by atoms with Crippen LogP contribution in [0.4, 0.5) is 0 Å². The molecule has 1 rings (SSSR count). The van der Waals surface area contributed by atoms with Gasteiger partial charge in [0.2, 0.25) is 5.88 Å². The second kappa shape index (κ2) is 7.33. The summed E-state index contributed by atoms with van der Waals surface area (Å²) in [6, 6.07) is 0. The summed E-state index contributed by atoms with van der Waals surface area (Å²) in [6.07, 6.45) is 4.64. The molecule has 17 heavy (non-hydrogen) atoms. The average Bonchev–Trinajstić information content (AvgIpc) is 2.58. The number of ether oxygens (including phenoxy) is 1. The van der Waals surface area contributed by atoms with Crippen LogP contribution in [-0.4, -0.2) is 30.0 Å². The van der Waals surface area contributed by atoms with Gasteiger partial charge in [0.05, 0.1) is 12.8 Å². The van der Waals surface area contributed by atoms with E-state index in [1.807, 2.05) is 18.7 Å². The van der Waals surface area contributed by atoms with Crippen molar-refractivity contribution in [3.05, 3.63) is 11.3 Å². The Hall–Kier alpha value is -1.03. The fourth-order valence-corrected chi connectivity index (χ4v) is 2.08. The van der Waals surface area contributed by atoms with Crippen molar-refractivity contribution < 1.29 is 4.74 Å². The topological polar surface area (TPSA) is 39.1 Å². The van der Waals surface area contributed by atoms with Gasteiger partial charge >= 0.3 is 0 Å². The number of nitrogens with one attached hydrogen (secondary N) is 1. The van der Waals surface area contributed by atoms with Crippen molar-refractivity contribution >= 4 is 0 Å². The monoisotopic (exact) mass is 239 g/mol. The first-order valence-corrected chi connectivity index (χ1v) is 6.47. The van der Waals surface area contributed by atoms with Gasteiger partial charge in [0.15, 0.2) is 0 Å². The van der Waals surface area contributed by atoms with Crippen molar-refractivity contribution in [2.45, 2.75) is 39.5 Å². The number of nitrogens with zero attached hydrogens (tertiary/aromatic N) is 2. The van der Waals surface area contributed by atoms with Crippen LogP contribution in [0.25, 0.3) is 0 Å². The number of aromatic nitrogens is 2. The Morgan fingerprint density at radius 1 is 1.29 bits per heavy atom. The third kappa shape index (κ3) is 4.04. The van der Waals surface area contributed by atoms with Gasteiger partial charge in [-0.1, -0.05) is 6.92 Å². The number of unbranched alkanes of at least 4 members (excludes halogenated alkanes) is 1. The molecule has 0 aliphatic rings. The van der Waals surface area contributed by atoms with Crippen molar-refractivity contribution in [1.29, 1.82) is 0 Å². The number of hydrogen-bond acceptors (Lipinski definition) is 3. The molecule has 0 unspecified atom stereocenters. The van der Waals surface area contributed by atoms with Crippen LogP contribution in [-0.2, 0) is 13.5 Å². The smallest absolute Gasteiger partial charge is 0.214 e. The van der Waals surface area contributed by atoms with E-state index in [9.17, 15) is 0 Å². The van der Waals surface area contributed by atoms with Gasteiger partial charge in [0.1, 0.15) is 0 Å². The Morgan fingerprint density at radius 3 is 2.71 bits per heavy atom. The normalized spacial score (nSPS) is 10.8. The van der Waals surface area contributed by atoms with E-state index in [0.29, 0.717) is 0 Å². The van der Waals surface area contributed by atoms with E-state index in [4.69, 9.17) is 4.74 Å². The van der Waals surface area contributed by atoms with Crippen LogP contribution in [0.15, 0.2) is 0 Å². The molecule has 0 aliphatic carbocycles. The summed E-state index contributed by atoms with van der Waals surface area (Å²) in [4.78, 5) is 0.